The third kappa shape index (κ3) is 6.61. The minimum atomic E-state index is -2.86. The van der Waals surface area contributed by atoms with Gasteiger partial charge in [0.15, 0.2) is 9.84 Å². The number of rotatable bonds is 9. The van der Waals surface area contributed by atoms with Crippen LogP contribution in [-0.2, 0) is 16.3 Å². The summed E-state index contributed by atoms with van der Waals surface area (Å²) < 4.78 is 23.2. The van der Waals surface area contributed by atoms with Crippen molar-refractivity contribution in [3.05, 3.63) is 18.5 Å². The minimum absolute atomic E-state index is 0.253. The van der Waals surface area contributed by atoms with Gasteiger partial charge in [-0.15, -0.1) is 0 Å². The quantitative estimate of drug-likeness (QED) is 0.650. The third-order valence-electron chi connectivity index (χ3n) is 3.09. The highest BCUT2D eigenvalue weighted by molar-refractivity contribution is 7.91. The smallest absolute Gasteiger partial charge is 0.152 e. The zero-order valence-corrected chi connectivity index (χ0v) is 12.6. The molecule has 0 N–H and O–H groups in total. The van der Waals surface area contributed by atoms with Crippen LogP contribution in [-0.4, -0.2) is 34.4 Å². The Morgan fingerprint density at radius 1 is 1.00 bits per heavy atom. The van der Waals surface area contributed by atoms with Crippen LogP contribution in [0.3, 0.4) is 0 Å². The summed E-state index contributed by atoms with van der Waals surface area (Å²) in [6.07, 6.45) is 8.84. The SMILES string of the molecule is CC(C)S(=O)(=O)CCCCCCCc1ncncn1. The molecule has 0 aliphatic rings. The van der Waals surface area contributed by atoms with Gasteiger partial charge < -0.3 is 0 Å². The van der Waals surface area contributed by atoms with Crippen molar-refractivity contribution in [3.63, 3.8) is 0 Å². The van der Waals surface area contributed by atoms with E-state index in [4.69, 9.17) is 0 Å². The Bertz CT molecular complexity index is 446. The third-order valence-corrected chi connectivity index (χ3v) is 5.39. The van der Waals surface area contributed by atoms with Crippen LogP contribution in [0, 0.1) is 0 Å². The van der Waals surface area contributed by atoms with Crippen LogP contribution in [0.15, 0.2) is 12.7 Å². The highest BCUT2D eigenvalue weighted by Crippen LogP contribution is 2.09. The lowest BCUT2D eigenvalue weighted by Crippen LogP contribution is -2.17. The number of aromatic nitrogens is 3. The molecule has 0 radical (unpaired) electrons. The summed E-state index contributed by atoms with van der Waals surface area (Å²) in [5.41, 5.74) is 0. The van der Waals surface area contributed by atoms with E-state index in [-0.39, 0.29) is 5.25 Å². The van der Waals surface area contributed by atoms with Crippen molar-refractivity contribution in [2.75, 3.05) is 5.75 Å². The first-order valence-corrected chi connectivity index (χ1v) is 8.56. The van der Waals surface area contributed by atoms with E-state index >= 15 is 0 Å². The van der Waals surface area contributed by atoms with Gasteiger partial charge >= 0.3 is 0 Å². The molecule has 0 amide bonds. The first kappa shape index (κ1) is 16.0. The molecule has 0 fully saturated rings. The highest BCUT2D eigenvalue weighted by Gasteiger charge is 2.14. The van der Waals surface area contributed by atoms with Crippen molar-refractivity contribution in [3.8, 4) is 0 Å². The van der Waals surface area contributed by atoms with Crippen LogP contribution < -0.4 is 0 Å². The summed E-state index contributed by atoms with van der Waals surface area (Å²) in [6.45, 7) is 3.48. The van der Waals surface area contributed by atoms with Crippen LogP contribution in [0.2, 0.25) is 0 Å². The molecule has 1 heterocycles. The first-order valence-electron chi connectivity index (χ1n) is 6.85. The van der Waals surface area contributed by atoms with E-state index in [0.29, 0.717) is 5.75 Å². The average molecular weight is 285 g/mol. The maximum Gasteiger partial charge on any atom is 0.152 e. The van der Waals surface area contributed by atoms with Crippen molar-refractivity contribution in [1.29, 1.82) is 0 Å². The van der Waals surface area contributed by atoms with Crippen molar-refractivity contribution in [1.82, 2.24) is 15.0 Å². The van der Waals surface area contributed by atoms with Gasteiger partial charge in [-0.3, -0.25) is 0 Å². The molecule has 19 heavy (non-hydrogen) atoms. The normalized spacial score (nSPS) is 11.9. The van der Waals surface area contributed by atoms with Crippen LogP contribution in [0.25, 0.3) is 0 Å². The van der Waals surface area contributed by atoms with Crippen molar-refractivity contribution < 1.29 is 8.42 Å². The maximum absolute atomic E-state index is 11.6. The van der Waals surface area contributed by atoms with E-state index in [9.17, 15) is 8.42 Å². The van der Waals surface area contributed by atoms with Gasteiger partial charge in [-0.05, 0) is 26.7 Å². The molecule has 0 spiro atoms. The summed E-state index contributed by atoms with van der Waals surface area (Å²) in [6, 6.07) is 0. The summed E-state index contributed by atoms with van der Waals surface area (Å²) in [5, 5.41) is -0.253. The largest absolute Gasteiger partial charge is 0.229 e. The molecule has 108 valence electrons. The van der Waals surface area contributed by atoms with E-state index < -0.39 is 9.84 Å². The molecule has 0 unspecified atom stereocenters. The van der Waals surface area contributed by atoms with E-state index in [1.807, 2.05) is 0 Å². The van der Waals surface area contributed by atoms with Gasteiger partial charge in [0.05, 0.1) is 11.0 Å². The van der Waals surface area contributed by atoms with Gasteiger partial charge in [0.2, 0.25) is 0 Å². The predicted molar refractivity (Wildman–Crippen MR) is 75.5 cm³/mol. The standard InChI is InChI=1S/C13H23N3O2S/c1-12(2)19(17,18)9-7-5-3-4-6-8-13-15-10-14-11-16-13/h10-12H,3-9H2,1-2H3. The molecule has 0 saturated carbocycles. The zero-order chi connectivity index (χ0) is 14.1. The number of hydrogen-bond acceptors (Lipinski definition) is 5. The minimum Gasteiger partial charge on any atom is -0.229 e. The molecule has 0 aliphatic carbocycles. The molecule has 6 heteroatoms. The second kappa shape index (κ2) is 8.19. The number of sulfone groups is 1. The van der Waals surface area contributed by atoms with E-state index in [2.05, 4.69) is 15.0 Å². The lowest BCUT2D eigenvalue weighted by Gasteiger charge is -2.07. The first-order chi connectivity index (χ1) is 9.02. The monoisotopic (exact) mass is 285 g/mol. The second-order valence-corrected chi connectivity index (χ2v) is 7.66. The molecular weight excluding hydrogens is 262 g/mol. The molecule has 0 aliphatic heterocycles. The van der Waals surface area contributed by atoms with Crippen molar-refractivity contribution in [2.45, 2.75) is 57.6 Å². The molecule has 1 rings (SSSR count). The second-order valence-electron chi connectivity index (χ2n) is 4.99. The molecule has 1 aromatic rings. The summed E-state index contributed by atoms with van der Waals surface area (Å²) in [4.78, 5) is 11.9. The summed E-state index contributed by atoms with van der Waals surface area (Å²) in [5.74, 6) is 1.15. The van der Waals surface area contributed by atoms with Gasteiger partial charge in [0.25, 0.3) is 0 Å². The topological polar surface area (TPSA) is 72.8 Å². The number of unbranched alkanes of at least 4 members (excludes halogenated alkanes) is 4. The predicted octanol–water partition coefficient (Wildman–Crippen LogP) is 2.19. The molecule has 1 aromatic heterocycles. The fraction of sp³-hybridized carbons (Fsp3) is 0.769. The Kier molecular flexibility index (Phi) is 6.91. The maximum atomic E-state index is 11.6. The molecule has 0 atom stereocenters. The Morgan fingerprint density at radius 3 is 2.21 bits per heavy atom. The van der Waals surface area contributed by atoms with Crippen molar-refractivity contribution >= 4 is 9.84 Å². The Balaban J connectivity index is 2.03. The Labute approximate surface area is 115 Å². The van der Waals surface area contributed by atoms with Gasteiger partial charge in [-0.2, -0.15) is 0 Å². The molecule has 0 saturated heterocycles. The van der Waals surface area contributed by atoms with Crippen LogP contribution >= 0.6 is 0 Å². The van der Waals surface area contributed by atoms with Gasteiger partial charge in [0.1, 0.15) is 18.5 Å². The molecule has 5 nitrogen and oxygen atoms in total. The van der Waals surface area contributed by atoms with Gasteiger partial charge in [0, 0.05) is 6.42 Å². The zero-order valence-electron chi connectivity index (χ0n) is 11.7. The molecular formula is C13H23N3O2S. The van der Waals surface area contributed by atoms with Crippen LogP contribution in [0.1, 0.15) is 51.8 Å². The van der Waals surface area contributed by atoms with Crippen molar-refractivity contribution in [2.24, 2.45) is 0 Å². The van der Waals surface area contributed by atoms with E-state index in [1.165, 1.54) is 12.7 Å². The molecule has 0 bridgehead atoms. The fourth-order valence-corrected chi connectivity index (χ4v) is 2.82. The summed E-state index contributed by atoms with van der Waals surface area (Å²) >= 11 is 0. The van der Waals surface area contributed by atoms with Crippen LogP contribution in [0.4, 0.5) is 0 Å². The number of aryl methyl sites for hydroxylation is 1. The highest BCUT2D eigenvalue weighted by atomic mass is 32.2. The Hall–Kier alpha value is -1.04. The lowest BCUT2D eigenvalue weighted by molar-refractivity contribution is 0.576. The van der Waals surface area contributed by atoms with Crippen LogP contribution in [0.5, 0.6) is 0 Å². The average Bonchev–Trinajstić information content (AvgIpc) is 2.38. The van der Waals surface area contributed by atoms with E-state index in [0.717, 1.165) is 44.3 Å². The Morgan fingerprint density at radius 2 is 1.58 bits per heavy atom. The fourth-order valence-electron chi connectivity index (χ4n) is 1.74. The number of hydrogen-bond donors (Lipinski definition) is 0. The lowest BCUT2D eigenvalue weighted by atomic mass is 10.1. The van der Waals surface area contributed by atoms with Gasteiger partial charge in [-0.1, -0.05) is 19.3 Å². The van der Waals surface area contributed by atoms with Gasteiger partial charge in [-0.25, -0.2) is 23.4 Å². The van der Waals surface area contributed by atoms with E-state index in [1.54, 1.807) is 13.8 Å². The molecule has 0 aromatic carbocycles. The summed E-state index contributed by atoms with van der Waals surface area (Å²) in [7, 11) is -2.86. The number of nitrogens with zero attached hydrogens (tertiary/aromatic N) is 3.